The molecular formula is C13H20N2O2S. The van der Waals surface area contributed by atoms with Crippen LogP contribution in [0.1, 0.15) is 12.5 Å². The Hall–Kier alpha value is -1.07. The molecule has 100 valence electrons. The van der Waals surface area contributed by atoms with Gasteiger partial charge >= 0.3 is 0 Å². The van der Waals surface area contributed by atoms with Crippen LogP contribution < -0.4 is 4.90 Å². The second-order valence-electron chi connectivity index (χ2n) is 5.00. The highest BCUT2D eigenvalue weighted by Crippen LogP contribution is 2.22. The molecule has 0 aliphatic carbocycles. The summed E-state index contributed by atoms with van der Waals surface area (Å²) >= 11 is 0. The third-order valence-corrected chi connectivity index (χ3v) is 4.66. The van der Waals surface area contributed by atoms with E-state index in [0.717, 1.165) is 6.54 Å². The molecule has 0 N–H and O–H groups in total. The topological polar surface area (TPSA) is 40.6 Å². The van der Waals surface area contributed by atoms with E-state index in [0.29, 0.717) is 13.1 Å². The Balaban J connectivity index is 2.15. The van der Waals surface area contributed by atoms with Crippen LogP contribution in [0.5, 0.6) is 0 Å². The SMILES string of the molecule is Cc1cccc(N2CCN(S(C)(=O)=O)CC2C)c1. The van der Waals surface area contributed by atoms with Crippen molar-refractivity contribution in [2.75, 3.05) is 30.8 Å². The summed E-state index contributed by atoms with van der Waals surface area (Å²) in [5.74, 6) is 0. The Labute approximate surface area is 109 Å². The van der Waals surface area contributed by atoms with E-state index < -0.39 is 10.0 Å². The molecule has 0 spiro atoms. The highest BCUT2D eigenvalue weighted by atomic mass is 32.2. The van der Waals surface area contributed by atoms with Crippen LogP contribution >= 0.6 is 0 Å². The molecule has 5 heteroatoms. The number of aryl methyl sites for hydroxylation is 1. The maximum Gasteiger partial charge on any atom is 0.211 e. The first-order valence-corrected chi connectivity index (χ1v) is 8.01. The van der Waals surface area contributed by atoms with Gasteiger partial charge in [0.15, 0.2) is 0 Å². The average Bonchev–Trinajstić information content (AvgIpc) is 2.27. The Morgan fingerprint density at radius 1 is 1.28 bits per heavy atom. The predicted molar refractivity (Wildman–Crippen MR) is 74.4 cm³/mol. The van der Waals surface area contributed by atoms with Crippen LogP contribution in [0.2, 0.25) is 0 Å². The van der Waals surface area contributed by atoms with Gasteiger partial charge in [-0.3, -0.25) is 0 Å². The van der Waals surface area contributed by atoms with Gasteiger partial charge in [0.2, 0.25) is 10.0 Å². The van der Waals surface area contributed by atoms with Crippen molar-refractivity contribution in [1.82, 2.24) is 4.31 Å². The van der Waals surface area contributed by atoms with Crippen LogP contribution in [0.15, 0.2) is 24.3 Å². The molecule has 0 amide bonds. The number of anilines is 1. The summed E-state index contributed by atoms with van der Waals surface area (Å²) in [6.07, 6.45) is 1.28. The molecule has 0 aromatic heterocycles. The quantitative estimate of drug-likeness (QED) is 0.815. The molecule has 1 fully saturated rings. The number of piperazine rings is 1. The first-order valence-electron chi connectivity index (χ1n) is 6.16. The smallest absolute Gasteiger partial charge is 0.211 e. The minimum atomic E-state index is -3.07. The molecule has 1 aliphatic heterocycles. The van der Waals surface area contributed by atoms with E-state index in [1.807, 2.05) is 6.07 Å². The van der Waals surface area contributed by atoms with Crippen molar-refractivity contribution in [1.29, 1.82) is 0 Å². The van der Waals surface area contributed by atoms with E-state index in [1.54, 1.807) is 4.31 Å². The van der Waals surface area contributed by atoms with Gasteiger partial charge in [0, 0.05) is 31.4 Å². The molecule has 1 heterocycles. The van der Waals surface area contributed by atoms with Crippen molar-refractivity contribution in [2.24, 2.45) is 0 Å². The van der Waals surface area contributed by atoms with Crippen LogP contribution in [0.25, 0.3) is 0 Å². The summed E-state index contributed by atoms with van der Waals surface area (Å²) in [6, 6.07) is 8.54. The van der Waals surface area contributed by atoms with E-state index >= 15 is 0 Å². The number of rotatable bonds is 2. The van der Waals surface area contributed by atoms with Gasteiger partial charge in [-0.2, -0.15) is 4.31 Å². The predicted octanol–water partition coefficient (Wildman–Crippen LogP) is 1.47. The highest BCUT2D eigenvalue weighted by Gasteiger charge is 2.28. The lowest BCUT2D eigenvalue weighted by Crippen LogP contribution is -2.53. The molecule has 0 saturated carbocycles. The van der Waals surface area contributed by atoms with Gasteiger partial charge in [-0.25, -0.2) is 8.42 Å². The Morgan fingerprint density at radius 3 is 2.56 bits per heavy atom. The van der Waals surface area contributed by atoms with E-state index in [2.05, 4.69) is 36.9 Å². The maximum atomic E-state index is 11.5. The fraction of sp³-hybridized carbons (Fsp3) is 0.538. The van der Waals surface area contributed by atoms with E-state index in [1.165, 1.54) is 17.5 Å². The summed E-state index contributed by atoms with van der Waals surface area (Å²) in [4.78, 5) is 2.27. The summed E-state index contributed by atoms with van der Waals surface area (Å²) in [5, 5.41) is 0. The first-order chi connectivity index (χ1) is 8.38. The fourth-order valence-electron chi connectivity index (χ4n) is 2.42. The monoisotopic (exact) mass is 268 g/mol. The van der Waals surface area contributed by atoms with Crippen molar-refractivity contribution in [3.63, 3.8) is 0 Å². The zero-order valence-corrected chi connectivity index (χ0v) is 11.9. The van der Waals surface area contributed by atoms with Gasteiger partial charge < -0.3 is 4.90 Å². The normalized spacial score (nSPS) is 22.2. The number of benzene rings is 1. The van der Waals surface area contributed by atoms with Crippen molar-refractivity contribution in [3.05, 3.63) is 29.8 Å². The molecule has 1 aromatic rings. The van der Waals surface area contributed by atoms with Crippen molar-refractivity contribution >= 4 is 15.7 Å². The van der Waals surface area contributed by atoms with Gasteiger partial charge in [-0.05, 0) is 31.5 Å². The molecule has 4 nitrogen and oxygen atoms in total. The molecular weight excluding hydrogens is 248 g/mol. The third-order valence-electron chi connectivity index (χ3n) is 3.39. The van der Waals surface area contributed by atoms with E-state index in [9.17, 15) is 8.42 Å². The number of sulfonamides is 1. The molecule has 0 bridgehead atoms. The Morgan fingerprint density at radius 2 is 2.00 bits per heavy atom. The summed E-state index contributed by atoms with van der Waals surface area (Å²) in [5.41, 5.74) is 2.40. The van der Waals surface area contributed by atoms with E-state index in [-0.39, 0.29) is 6.04 Å². The second-order valence-corrected chi connectivity index (χ2v) is 6.98. The summed E-state index contributed by atoms with van der Waals surface area (Å²) in [6.45, 7) is 6.02. The largest absolute Gasteiger partial charge is 0.366 e. The minimum Gasteiger partial charge on any atom is -0.366 e. The minimum absolute atomic E-state index is 0.204. The second kappa shape index (κ2) is 4.90. The molecule has 1 unspecified atom stereocenters. The van der Waals surface area contributed by atoms with Crippen LogP contribution in [0.3, 0.4) is 0 Å². The van der Waals surface area contributed by atoms with Crippen LogP contribution in [-0.4, -0.2) is 44.7 Å². The Kier molecular flexibility index (Phi) is 3.64. The summed E-state index contributed by atoms with van der Waals surface area (Å²) in [7, 11) is -3.07. The lowest BCUT2D eigenvalue weighted by molar-refractivity contribution is 0.345. The molecule has 2 rings (SSSR count). The van der Waals surface area contributed by atoms with Crippen LogP contribution in [0, 0.1) is 6.92 Å². The highest BCUT2D eigenvalue weighted by molar-refractivity contribution is 7.88. The molecule has 1 atom stereocenters. The van der Waals surface area contributed by atoms with Gasteiger partial charge in [-0.1, -0.05) is 12.1 Å². The first kappa shape index (κ1) is 13.4. The van der Waals surface area contributed by atoms with Crippen LogP contribution in [0.4, 0.5) is 5.69 Å². The number of nitrogens with zero attached hydrogens (tertiary/aromatic N) is 2. The lowest BCUT2D eigenvalue weighted by atomic mass is 10.1. The van der Waals surface area contributed by atoms with Gasteiger partial charge in [0.1, 0.15) is 0 Å². The van der Waals surface area contributed by atoms with Crippen molar-refractivity contribution in [2.45, 2.75) is 19.9 Å². The average molecular weight is 268 g/mol. The molecule has 0 radical (unpaired) electrons. The standard InChI is InChI=1S/C13H20N2O2S/c1-11-5-4-6-13(9-11)15-8-7-14(10-12(15)2)18(3,16)17/h4-6,9,12H,7-8,10H2,1-3H3. The molecule has 1 aliphatic rings. The molecule has 1 saturated heterocycles. The van der Waals surface area contributed by atoms with Gasteiger partial charge in [-0.15, -0.1) is 0 Å². The number of hydrogen-bond acceptors (Lipinski definition) is 3. The zero-order chi connectivity index (χ0) is 13.3. The third kappa shape index (κ3) is 2.84. The summed E-state index contributed by atoms with van der Waals surface area (Å²) < 4.78 is 24.6. The van der Waals surface area contributed by atoms with Crippen molar-refractivity contribution < 1.29 is 8.42 Å². The fourth-order valence-corrected chi connectivity index (χ4v) is 3.32. The van der Waals surface area contributed by atoms with Crippen LogP contribution in [-0.2, 0) is 10.0 Å². The number of hydrogen-bond donors (Lipinski definition) is 0. The lowest BCUT2D eigenvalue weighted by Gasteiger charge is -2.40. The zero-order valence-electron chi connectivity index (χ0n) is 11.1. The van der Waals surface area contributed by atoms with Crippen molar-refractivity contribution in [3.8, 4) is 0 Å². The molecule has 1 aromatic carbocycles. The molecule has 18 heavy (non-hydrogen) atoms. The van der Waals surface area contributed by atoms with Gasteiger partial charge in [0.05, 0.1) is 6.26 Å². The van der Waals surface area contributed by atoms with E-state index in [4.69, 9.17) is 0 Å². The maximum absolute atomic E-state index is 11.5. The Bertz CT molecular complexity index is 528. The van der Waals surface area contributed by atoms with Gasteiger partial charge in [0.25, 0.3) is 0 Å².